The van der Waals surface area contributed by atoms with Crippen molar-refractivity contribution in [3.8, 4) is 0 Å². The maximum atomic E-state index is 12.4. The van der Waals surface area contributed by atoms with Gasteiger partial charge in [-0.25, -0.2) is 0 Å². The quantitative estimate of drug-likeness (QED) is 0.744. The van der Waals surface area contributed by atoms with Crippen molar-refractivity contribution in [3.05, 3.63) is 70.9 Å². The van der Waals surface area contributed by atoms with Crippen molar-refractivity contribution < 1.29 is 9.59 Å². The first-order chi connectivity index (χ1) is 12.6. The SMILES string of the molecule is O=C(C[C@H]1Cn2c(cc3ccccc32)C(=O)N1)NCc1cccc(Cl)c1. The van der Waals surface area contributed by atoms with Gasteiger partial charge in [0.1, 0.15) is 5.69 Å². The molecule has 1 aliphatic rings. The molecule has 1 aromatic heterocycles. The van der Waals surface area contributed by atoms with Gasteiger partial charge in [-0.2, -0.15) is 0 Å². The summed E-state index contributed by atoms with van der Waals surface area (Å²) in [7, 11) is 0. The van der Waals surface area contributed by atoms with Gasteiger partial charge in [0.05, 0.1) is 6.04 Å². The van der Waals surface area contributed by atoms with Gasteiger partial charge < -0.3 is 15.2 Å². The molecular weight excluding hydrogens is 350 g/mol. The van der Waals surface area contributed by atoms with Crippen LogP contribution in [0.3, 0.4) is 0 Å². The zero-order valence-corrected chi connectivity index (χ0v) is 14.8. The van der Waals surface area contributed by atoms with Gasteiger partial charge >= 0.3 is 0 Å². The Balaban J connectivity index is 1.43. The standard InChI is InChI=1S/C20H18ClN3O2/c21-15-6-3-4-13(8-15)11-22-19(25)10-16-12-24-17-7-2-1-5-14(17)9-18(24)20(26)23-16/h1-9,16H,10-12H2,(H,22,25)(H,23,26)/t16-/m0/s1. The summed E-state index contributed by atoms with van der Waals surface area (Å²) in [6.07, 6.45) is 0.234. The minimum atomic E-state index is -0.231. The van der Waals surface area contributed by atoms with E-state index >= 15 is 0 Å². The monoisotopic (exact) mass is 367 g/mol. The van der Waals surface area contributed by atoms with E-state index in [4.69, 9.17) is 11.6 Å². The molecule has 1 atom stereocenters. The summed E-state index contributed by atoms with van der Waals surface area (Å²) in [6, 6.07) is 16.9. The maximum Gasteiger partial charge on any atom is 0.268 e. The number of carbonyl (C=O) groups is 2. The van der Waals surface area contributed by atoms with Crippen LogP contribution in [0.15, 0.2) is 54.6 Å². The summed E-state index contributed by atoms with van der Waals surface area (Å²) in [5, 5.41) is 7.49. The number of nitrogens with one attached hydrogen (secondary N) is 2. The third kappa shape index (κ3) is 3.30. The lowest BCUT2D eigenvalue weighted by atomic mass is 10.1. The number of aromatic nitrogens is 1. The summed E-state index contributed by atoms with van der Waals surface area (Å²) in [6.45, 7) is 0.997. The first-order valence-electron chi connectivity index (χ1n) is 8.50. The van der Waals surface area contributed by atoms with E-state index in [1.165, 1.54) is 0 Å². The number of para-hydroxylation sites is 1. The summed E-state index contributed by atoms with van der Waals surface area (Å²) < 4.78 is 1.99. The van der Waals surface area contributed by atoms with Gasteiger partial charge in [-0.3, -0.25) is 9.59 Å². The highest BCUT2D eigenvalue weighted by molar-refractivity contribution is 6.30. The number of carbonyl (C=O) groups excluding carboxylic acids is 2. The molecule has 0 aliphatic carbocycles. The number of benzene rings is 2. The van der Waals surface area contributed by atoms with Gasteiger partial charge in [0, 0.05) is 35.4 Å². The van der Waals surface area contributed by atoms with Crippen molar-refractivity contribution in [3.63, 3.8) is 0 Å². The van der Waals surface area contributed by atoms with E-state index < -0.39 is 0 Å². The molecule has 132 valence electrons. The highest BCUT2D eigenvalue weighted by Crippen LogP contribution is 2.23. The normalized spacial score (nSPS) is 16.2. The summed E-state index contributed by atoms with van der Waals surface area (Å²) in [4.78, 5) is 24.7. The first kappa shape index (κ1) is 16.7. The number of rotatable bonds is 4. The number of halogens is 1. The average molecular weight is 368 g/mol. The topological polar surface area (TPSA) is 63.1 Å². The van der Waals surface area contributed by atoms with Gasteiger partial charge in [0.25, 0.3) is 5.91 Å². The average Bonchev–Trinajstić information content (AvgIpc) is 3.00. The molecule has 26 heavy (non-hydrogen) atoms. The fraction of sp³-hybridized carbons (Fsp3) is 0.200. The van der Waals surface area contributed by atoms with Crippen LogP contribution >= 0.6 is 11.6 Å². The number of hydrogen-bond donors (Lipinski definition) is 2. The molecule has 2 amide bonds. The number of nitrogens with zero attached hydrogens (tertiary/aromatic N) is 1. The van der Waals surface area contributed by atoms with Crippen LogP contribution in [0.5, 0.6) is 0 Å². The van der Waals surface area contributed by atoms with Crippen LogP contribution in [-0.2, 0) is 17.9 Å². The molecule has 2 heterocycles. The smallest absolute Gasteiger partial charge is 0.268 e. The molecule has 0 radical (unpaired) electrons. The highest BCUT2D eigenvalue weighted by atomic mass is 35.5. The zero-order valence-electron chi connectivity index (χ0n) is 14.0. The number of fused-ring (bicyclic) bond motifs is 3. The summed E-state index contributed by atoms with van der Waals surface area (Å²) >= 11 is 5.95. The molecule has 4 rings (SSSR count). The van der Waals surface area contributed by atoms with E-state index in [2.05, 4.69) is 10.6 Å². The van der Waals surface area contributed by atoms with Crippen molar-refractivity contribution in [2.24, 2.45) is 0 Å². The van der Waals surface area contributed by atoms with Gasteiger partial charge in [-0.1, -0.05) is 41.9 Å². The fourth-order valence-corrected chi connectivity index (χ4v) is 3.59. The fourth-order valence-electron chi connectivity index (χ4n) is 3.38. The lowest BCUT2D eigenvalue weighted by Crippen LogP contribution is -2.46. The number of hydrogen-bond acceptors (Lipinski definition) is 2. The van der Waals surface area contributed by atoms with E-state index in [0.29, 0.717) is 23.8 Å². The predicted octanol–water partition coefficient (Wildman–Crippen LogP) is 3.11. The molecule has 1 aliphatic heterocycles. The van der Waals surface area contributed by atoms with Crippen LogP contribution in [0.2, 0.25) is 5.02 Å². The van der Waals surface area contributed by atoms with Crippen molar-refractivity contribution in [1.29, 1.82) is 0 Å². The number of amides is 2. The lowest BCUT2D eigenvalue weighted by molar-refractivity contribution is -0.121. The predicted molar refractivity (Wildman–Crippen MR) is 101 cm³/mol. The summed E-state index contributed by atoms with van der Waals surface area (Å²) in [5.74, 6) is -0.240. The van der Waals surface area contributed by atoms with Gasteiger partial charge in [-0.15, -0.1) is 0 Å². The van der Waals surface area contributed by atoms with Crippen LogP contribution in [0.1, 0.15) is 22.5 Å². The Bertz CT molecular complexity index is 996. The van der Waals surface area contributed by atoms with Crippen molar-refractivity contribution in [2.45, 2.75) is 25.6 Å². The van der Waals surface area contributed by atoms with Crippen LogP contribution in [0.4, 0.5) is 0 Å². The van der Waals surface area contributed by atoms with Crippen molar-refractivity contribution in [1.82, 2.24) is 15.2 Å². The molecule has 3 aromatic rings. The lowest BCUT2D eigenvalue weighted by Gasteiger charge is -2.26. The van der Waals surface area contributed by atoms with Crippen LogP contribution < -0.4 is 10.6 Å². The van der Waals surface area contributed by atoms with Gasteiger partial charge in [0.15, 0.2) is 0 Å². The van der Waals surface area contributed by atoms with Gasteiger partial charge in [0.2, 0.25) is 5.91 Å². The maximum absolute atomic E-state index is 12.4. The van der Waals surface area contributed by atoms with E-state index in [0.717, 1.165) is 16.5 Å². The molecule has 0 unspecified atom stereocenters. The third-order valence-corrected chi connectivity index (χ3v) is 4.83. The Morgan fingerprint density at radius 2 is 2.04 bits per heavy atom. The Labute approximate surface area is 155 Å². The Morgan fingerprint density at radius 3 is 2.88 bits per heavy atom. The van der Waals surface area contributed by atoms with E-state index in [1.807, 2.05) is 53.1 Å². The Morgan fingerprint density at radius 1 is 1.19 bits per heavy atom. The molecule has 0 saturated heterocycles. The molecular formula is C20H18ClN3O2. The molecule has 5 nitrogen and oxygen atoms in total. The minimum Gasteiger partial charge on any atom is -0.352 e. The second-order valence-electron chi connectivity index (χ2n) is 6.48. The van der Waals surface area contributed by atoms with Crippen LogP contribution in [-0.4, -0.2) is 22.4 Å². The first-order valence-corrected chi connectivity index (χ1v) is 8.88. The van der Waals surface area contributed by atoms with Crippen LogP contribution in [0.25, 0.3) is 10.9 Å². The van der Waals surface area contributed by atoms with Crippen molar-refractivity contribution in [2.75, 3.05) is 0 Å². The van der Waals surface area contributed by atoms with E-state index in [1.54, 1.807) is 6.07 Å². The highest BCUT2D eigenvalue weighted by Gasteiger charge is 2.27. The Kier molecular flexibility index (Phi) is 4.39. The molecule has 0 spiro atoms. The van der Waals surface area contributed by atoms with Crippen molar-refractivity contribution >= 4 is 34.3 Å². The molecule has 0 fully saturated rings. The molecule has 2 aromatic carbocycles. The molecule has 0 bridgehead atoms. The minimum absolute atomic E-state index is 0.102. The Hall–Kier alpha value is -2.79. The molecule has 6 heteroatoms. The van der Waals surface area contributed by atoms with E-state index in [-0.39, 0.29) is 24.3 Å². The van der Waals surface area contributed by atoms with Crippen LogP contribution in [0, 0.1) is 0 Å². The zero-order chi connectivity index (χ0) is 18.1. The van der Waals surface area contributed by atoms with E-state index in [9.17, 15) is 9.59 Å². The second-order valence-corrected chi connectivity index (χ2v) is 6.92. The summed E-state index contributed by atoms with van der Waals surface area (Å²) in [5.41, 5.74) is 2.60. The largest absolute Gasteiger partial charge is 0.352 e. The third-order valence-electron chi connectivity index (χ3n) is 4.59. The molecule has 2 N–H and O–H groups in total. The molecule has 0 saturated carbocycles. The second kappa shape index (κ2) is 6.84. The van der Waals surface area contributed by atoms with Gasteiger partial charge in [-0.05, 0) is 29.8 Å².